The second kappa shape index (κ2) is 6.50. The highest BCUT2D eigenvalue weighted by molar-refractivity contribution is 5.77. The van der Waals surface area contributed by atoms with Crippen molar-refractivity contribution in [1.29, 1.82) is 0 Å². The molecular formula is C21H21F3N2O2. The van der Waals surface area contributed by atoms with Gasteiger partial charge in [0.05, 0.1) is 12.1 Å². The van der Waals surface area contributed by atoms with E-state index in [4.69, 9.17) is 0 Å². The summed E-state index contributed by atoms with van der Waals surface area (Å²) in [6.07, 6.45) is -3.14. The molecule has 28 heavy (non-hydrogen) atoms. The molecular weight excluding hydrogens is 369 g/mol. The van der Waals surface area contributed by atoms with Gasteiger partial charge in [-0.2, -0.15) is 13.2 Å². The summed E-state index contributed by atoms with van der Waals surface area (Å²) in [5, 5.41) is 0. The first-order chi connectivity index (χ1) is 13.1. The van der Waals surface area contributed by atoms with Crippen LogP contribution in [0.25, 0.3) is 0 Å². The average molecular weight is 390 g/mol. The second-order valence-corrected chi connectivity index (χ2v) is 7.83. The predicted molar refractivity (Wildman–Crippen MR) is 97.6 cm³/mol. The number of hydrogen-bond donors (Lipinski definition) is 0. The molecule has 2 aliphatic rings. The van der Waals surface area contributed by atoms with Gasteiger partial charge in [-0.05, 0) is 54.0 Å². The number of halogens is 3. The number of fused-ring (bicyclic) bond motifs is 1. The van der Waals surface area contributed by atoms with Gasteiger partial charge in [-0.25, -0.2) is 0 Å². The third-order valence-electron chi connectivity index (χ3n) is 5.97. The highest BCUT2D eigenvalue weighted by Gasteiger charge is 2.41. The summed E-state index contributed by atoms with van der Waals surface area (Å²) in [5.41, 5.74) is 2.95. The Hall–Kier alpha value is -2.57. The number of alkyl halides is 3. The zero-order valence-corrected chi connectivity index (χ0v) is 15.7. The van der Waals surface area contributed by atoms with Crippen LogP contribution in [-0.4, -0.2) is 15.4 Å². The first kappa shape index (κ1) is 18.8. The lowest BCUT2D eigenvalue weighted by atomic mass is 10.1. The van der Waals surface area contributed by atoms with Crippen molar-refractivity contribution in [2.45, 2.75) is 44.9 Å². The Labute approximate surface area is 160 Å². The molecule has 4 nitrogen and oxygen atoms in total. The van der Waals surface area contributed by atoms with Crippen molar-refractivity contribution in [3.8, 4) is 0 Å². The largest absolute Gasteiger partial charge is 0.416 e. The van der Waals surface area contributed by atoms with Gasteiger partial charge in [0, 0.05) is 31.8 Å². The minimum atomic E-state index is -4.33. The molecule has 1 aliphatic heterocycles. The van der Waals surface area contributed by atoms with Crippen LogP contribution in [0, 0.1) is 12.8 Å². The molecule has 1 aromatic heterocycles. The Kier molecular flexibility index (Phi) is 4.36. The molecule has 0 N–H and O–H groups in total. The zero-order valence-electron chi connectivity index (χ0n) is 15.7. The van der Waals surface area contributed by atoms with E-state index in [-0.39, 0.29) is 23.3 Å². The van der Waals surface area contributed by atoms with Crippen LogP contribution in [-0.2, 0) is 31.1 Å². The van der Waals surface area contributed by atoms with Crippen molar-refractivity contribution < 1.29 is 18.0 Å². The molecule has 2 unspecified atom stereocenters. The van der Waals surface area contributed by atoms with Crippen molar-refractivity contribution in [3.63, 3.8) is 0 Å². The Bertz CT molecular complexity index is 992. The molecule has 0 bridgehead atoms. The third-order valence-corrected chi connectivity index (χ3v) is 5.97. The van der Waals surface area contributed by atoms with E-state index >= 15 is 0 Å². The predicted octanol–water partition coefficient (Wildman–Crippen LogP) is 3.75. The molecule has 2 atom stereocenters. The van der Waals surface area contributed by atoms with E-state index < -0.39 is 11.7 Å². The molecule has 2 aromatic rings. The number of amides is 1. The molecule has 1 aliphatic carbocycles. The molecule has 1 aromatic carbocycles. The summed E-state index contributed by atoms with van der Waals surface area (Å²) < 4.78 is 39.6. The lowest BCUT2D eigenvalue weighted by Crippen LogP contribution is -2.26. The maximum absolute atomic E-state index is 12.7. The van der Waals surface area contributed by atoms with Gasteiger partial charge in [0.25, 0.3) is 5.56 Å². The van der Waals surface area contributed by atoms with Crippen LogP contribution in [0.3, 0.4) is 0 Å². The molecule has 0 spiro atoms. The summed E-state index contributed by atoms with van der Waals surface area (Å²) in [5.74, 6) is 0.336. The molecule has 1 saturated carbocycles. The van der Waals surface area contributed by atoms with Crippen molar-refractivity contribution in [1.82, 2.24) is 9.47 Å². The van der Waals surface area contributed by atoms with Gasteiger partial charge in [-0.15, -0.1) is 0 Å². The molecule has 148 valence electrons. The minimum absolute atomic E-state index is 0.0301. The normalized spacial score (nSPS) is 21.0. The van der Waals surface area contributed by atoms with Gasteiger partial charge in [-0.1, -0.05) is 12.1 Å². The Morgan fingerprint density at radius 2 is 1.86 bits per heavy atom. The lowest BCUT2D eigenvalue weighted by Gasteiger charge is -2.15. The number of carbonyl (C=O) groups is 1. The number of pyridine rings is 1. The summed E-state index contributed by atoms with van der Waals surface area (Å²) >= 11 is 0. The van der Waals surface area contributed by atoms with Gasteiger partial charge in [-0.3, -0.25) is 9.59 Å². The fourth-order valence-electron chi connectivity index (χ4n) is 4.11. The quantitative estimate of drug-likeness (QED) is 0.801. The smallest absolute Gasteiger partial charge is 0.332 e. The van der Waals surface area contributed by atoms with Gasteiger partial charge in [0.2, 0.25) is 5.91 Å². The van der Waals surface area contributed by atoms with Crippen LogP contribution in [0.15, 0.2) is 35.1 Å². The van der Waals surface area contributed by atoms with E-state index in [0.717, 1.165) is 40.9 Å². The first-order valence-electron chi connectivity index (χ1n) is 9.28. The molecule has 0 radical (unpaired) electrons. The van der Waals surface area contributed by atoms with Gasteiger partial charge in [0.15, 0.2) is 0 Å². The number of carbonyl (C=O) groups excluding carboxylic acids is 1. The molecule has 1 fully saturated rings. The van der Waals surface area contributed by atoms with Crippen molar-refractivity contribution in [3.05, 3.63) is 68.6 Å². The molecule has 4 rings (SSSR count). The number of aromatic nitrogens is 1. The van der Waals surface area contributed by atoms with Gasteiger partial charge in [0.1, 0.15) is 0 Å². The van der Waals surface area contributed by atoms with Crippen LogP contribution < -0.4 is 5.56 Å². The molecule has 0 saturated heterocycles. The monoisotopic (exact) mass is 390 g/mol. The second-order valence-electron chi connectivity index (χ2n) is 7.83. The SMILES string of the molecule is Cc1cc(=O)n(C)c2c1CN(C(=O)CC1CC1c1ccc(C(F)(F)F)cc1)C2. The van der Waals surface area contributed by atoms with Gasteiger partial charge >= 0.3 is 6.18 Å². The number of rotatable bonds is 3. The van der Waals surface area contributed by atoms with Crippen molar-refractivity contribution in [2.24, 2.45) is 13.0 Å². The fourth-order valence-corrected chi connectivity index (χ4v) is 4.11. The van der Waals surface area contributed by atoms with E-state index in [9.17, 15) is 22.8 Å². The topological polar surface area (TPSA) is 42.3 Å². The number of benzene rings is 1. The van der Waals surface area contributed by atoms with E-state index in [2.05, 4.69) is 0 Å². The minimum Gasteiger partial charge on any atom is -0.332 e. The molecule has 1 amide bonds. The van der Waals surface area contributed by atoms with E-state index in [1.165, 1.54) is 12.1 Å². The van der Waals surface area contributed by atoms with Crippen LogP contribution in [0.4, 0.5) is 13.2 Å². The maximum Gasteiger partial charge on any atom is 0.416 e. The van der Waals surface area contributed by atoms with E-state index in [1.807, 2.05) is 6.92 Å². The van der Waals surface area contributed by atoms with Crippen LogP contribution in [0.2, 0.25) is 0 Å². The average Bonchev–Trinajstić information content (AvgIpc) is 3.24. The Morgan fingerprint density at radius 3 is 2.50 bits per heavy atom. The number of hydrogen-bond acceptors (Lipinski definition) is 2. The Balaban J connectivity index is 1.39. The first-order valence-corrected chi connectivity index (χ1v) is 9.28. The zero-order chi connectivity index (χ0) is 20.2. The molecule has 2 heterocycles. The number of aryl methyl sites for hydroxylation is 1. The van der Waals surface area contributed by atoms with E-state index in [0.29, 0.717) is 19.5 Å². The Morgan fingerprint density at radius 1 is 1.18 bits per heavy atom. The summed E-state index contributed by atoms with van der Waals surface area (Å²) in [6, 6.07) is 6.83. The summed E-state index contributed by atoms with van der Waals surface area (Å²) in [4.78, 5) is 26.4. The van der Waals surface area contributed by atoms with Crippen molar-refractivity contribution >= 4 is 5.91 Å². The van der Waals surface area contributed by atoms with Crippen LogP contribution in [0.5, 0.6) is 0 Å². The summed E-state index contributed by atoms with van der Waals surface area (Å²) in [6.45, 7) is 2.82. The van der Waals surface area contributed by atoms with E-state index in [1.54, 1.807) is 22.6 Å². The third kappa shape index (κ3) is 3.34. The fraction of sp³-hybridized carbons (Fsp3) is 0.429. The summed E-state index contributed by atoms with van der Waals surface area (Å²) in [7, 11) is 1.72. The highest BCUT2D eigenvalue weighted by Crippen LogP contribution is 2.50. The van der Waals surface area contributed by atoms with Crippen LogP contribution >= 0.6 is 0 Å². The standard InChI is InChI=1S/C21H21F3N2O2/c1-12-7-19(27)25(2)18-11-26(10-17(12)18)20(28)9-14-8-16(14)13-3-5-15(6-4-13)21(22,23)24/h3-7,14,16H,8-11H2,1-2H3. The van der Waals surface area contributed by atoms with Gasteiger partial charge < -0.3 is 9.47 Å². The van der Waals surface area contributed by atoms with Crippen LogP contribution in [0.1, 0.15) is 46.7 Å². The highest BCUT2D eigenvalue weighted by atomic mass is 19.4. The lowest BCUT2D eigenvalue weighted by molar-refractivity contribution is -0.137. The van der Waals surface area contributed by atoms with Crippen molar-refractivity contribution in [2.75, 3.05) is 0 Å². The number of nitrogens with zero attached hydrogens (tertiary/aromatic N) is 2. The molecule has 7 heteroatoms. The maximum atomic E-state index is 12.7.